The molecule has 1 aliphatic heterocycles. The topological polar surface area (TPSA) is 98.0 Å². The van der Waals surface area contributed by atoms with Gasteiger partial charge in [0, 0.05) is 45.3 Å². The fraction of sp³-hybridized carbons (Fsp3) is 0.526. The fourth-order valence-corrected chi connectivity index (χ4v) is 3.75. The largest absolute Gasteiger partial charge is 0.444 e. The standard InChI is InChI=1S/C19H27N7O/c1-13-17(27-14(2)22-13)12-26-18-16(4-3-8-21-18)24-19(26)23-15-5-9-25(10-6-15)11-7-20/h3-4,8,15H,5-7,9-12,20H2,1-2H3,(H,23,24). The molecular weight excluding hydrogens is 342 g/mol. The summed E-state index contributed by atoms with van der Waals surface area (Å²) in [5, 5.41) is 3.64. The fourth-order valence-electron chi connectivity index (χ4n) is 3.75. The first kappa shape index (κ1) is 17.9. The van der Waals surface area contributed by atoms with Gasteiger partial charge in [0.1, 0.15) is 11.3 Å². The van der Waals surface area contributed by atoms with Gasteiger partial charge < -0.3 is 20.4 Å². The maximum Gasteiger partial charge on any atom is 0.205 e. The Hall–Kier alpha value is -2.45. The second kappa shape index (κ2) is 7.66. The van der Waals surface area contributed by atoms with Crippen molar-refractivity contribution in [1.29, 1.82) is 0 Å². The number of pyridine rings is 1. The molecule has 1 fully saturated rings. The van der Waals surface area contributed by atoms with Gasteiger partial charge in [-0.05, 0) is 31.9 Å². The summed E-state index contributed by atoms with van der Waals surface area (Å²) in [6.07, 6.45) is 3.96. The molecule has 3 N–H and O–H groups in total. The molecule has 8 heteroatoms. The number of nitrogens with two attached hydrogens (primary N) is 1. The molecule has 8 nitrogen and oxygen atoms in total. The van der Waals surface area contributed by atoms with E-state index >= 15 is 0 Å². The Kier molecular flexibility index (Phi) is 5.09. The first-order valence-electron chi connectivity index (χ1n) is 9.57. The van der Waals surface area contributed by atoms with Crippen LogP contribution in [0.15, 0.2) is 22.7 Å². The monoisotopic (exact) mass is 369 g/mol. The van der Waals surface area contributed by atoms with Gasteiger partial charge in [-0.2, -0.15) is 0 Å². The van der Waals surface area contributed by atoms with Crippen molar-refractivity contribution in [2.24, 2.45) is 5.73 Å². The highest BCUT2D eigenvalue weighted by Crippen LogP contribution is 2.23. The van der Waals surface area contributed by atoms with Crippen molar-refractivity contribution in [1.82, 2.24) is 24.4 Å². The number of anilines is 1. The summed E-state index contributed by atoms with van der Waals surface area (Å²) in [4.78, 5) is 16.1. The van der Waals surface area contributed by atoms with Crippen LogP contribution in [-0.2, 0) is 6.54 Å². The Balaban J connectivity index is 1.58. The van der Waals surface area contributed by atoms with E-state index in [9.17, 15) is 0 Å². The number of hydrogen-bond acceptors (Lipinski definition) is 7. The van der Waals surface area contributed by atoms with Crippen LogP contribution in [0, 0.1) is 13.8 Å². The SMILES string of the molecule is Cc1nc(C)c(Cn2c(NC3CCN(CCN)CC3)nc3cccnc32)o1. The number of oxazole rings is 1. The Labute approximate surface area is 158 Å². The Morgan fingerprint density at radius 1 is 1.26 bits per heavy atom. The van der Waals surface area contributed by atoms with Crippen molar-refractivity contribution >= 4 is 17.1 Å². The molecule has 0 radical (unpaired) electrons. The second-order valence-electron chi connectivity index (χ2n) is 7.16. The molecule has 27 heavy (non-hydrogen) atoms. The average Bonchev–Trinajstić information content (AvgIpc) is 3.16. The maximum atomic E-state index is 5.79. The zero-order valence-electron chi connectivity index (χ0n) is 16.0. The molecule has 0 saturated carbocycles. The number of aryl methyl sites for hydroxylation is 2. The summed E-state index contributed by atoms with van der Waals surface area (Å²) in [5.74, 6) is 2.37. The summed E-state index contributed by atoms with van der Waals surface area (Å²) < 4.78 is 7.88. The molecule has 0 amide bonds. The molecule has 0 bridgehead atoms. The predicted octanol–water partition coefficient (Wildman–Crippen LogP) is 1.92. The molecule has 3 aromatic heterocycles. The minimum absolute atomic E-state index is 0.396. The molecule has 4 heterocycles. The highest BCUT2D eigenvalue weighted by atomic mass is 16.4. The highest BCUT2D eigenvalue weighted by Gasteiger charge is 2.22. The lowest BCUT2D eigenvalue weighted by Gasteiger charge is -2.32. The van der Waals surface area contributed by atoms with Gasteiger partial charge in [-0.3, -0.25) is 4.57 Å². The van der Waals surface area contributed by atoms with E-state index in [4.69, 9.17) is 15.1 Å². The van der Waals surface area contributed by atoms with Crippen LogP contribution < -0.4 is 11.1 Å². The summed E-state index contributed by atoms with van der Waals surface area (Å²) in [6, 6.07) is 4.30. The van der Waals surface area contributed by atoms with Crippen molar-refractivity contribution in [3.63, 3.8) is 0 Å². The minimum atomic E-state index is 0.396. The van der Waals surface area contributed by atoms with E-state index in [-0.39, 0.29) is 0 Å². The molecule has 3 aromatic rings. The average molecular weight is 369 g/mol. The third kappa shape index (κ3) is 3.81. The first-order valence-corrected chi connectivity index (χ1v) is 9.57. The van der Waals surface area contributed by atoms with Crippen LogP contribution in [0.1, 0.15) is 30.2 Å². The van der Waals surface area contributed by atoms with Crippen LogP contribution in [0.3, 0.4) is 0 Å². The van der Waals surface area contributed by atoms with Crippen LogP contribution in [0.4, 0.5) is 5.95 Å². The minimum Gasteiger partial charge on any atom is -0.444 e. The van der Waals surface area contributed by atoms with Gasteiger partial charge in [0.25, 0.3) is 0 Å². The molecule has 0 unspecified atom stereocenters. The molecule has 1 saturated heterocycles. The quantitative estimate of drug-likeness (QED) is 0.685. The smallest absolute Gasteiger partial charge is 0.205 e. The number of piperidine rings is 1. The van der Waals surface area contributed by atoms with Gasteiger partial charge >= 0.3 is 0 Å². The molecular formula is C19H27N7O. The van der Waals surface area contributed by atoms with Crippen molar-refractivity contribution in [3.8, 4) is 0 Å². The van der Waals surface area contributed by atoms with Gasteiger partial charge in [0.15, 0.2) is 11.5 Å². The van der Waals surface area contributed by atoms with E-state index in [0.29, 0.717) is 18.5 Å². The lowest BCUT2D eigenvalue weighted by Crippen LogP contribution is -2.41. The Morgan fingerprint density at radius 2 is 2.07 bits per heavy atom. The maximum absolute atomic E-state index is 5.79. The van der Waals surface area contributed by atoms with Crippen LogP contribution in [-0.4, -0.2) is 56.6 Å². The number of nitrogens with zero attached hydrogens (tertiary/aromatic N) is 5. The third-order valence-electron chi connectivity index (χ3n) is 5.17. The summed E-state index contributed by atoms with van der Waals surface area (Å²) >= 11 is 0. The van der Waals surface area contributed by atoms with E-state index in [1.807, 2.05) is 26.0 Å². The number of hydrogen-bond donors (Lipinski definition) is 2. The number of fused-ring (bicyclic) bond motifs is 1. The van der Waals surface area contributed by atoms with Gasteiger partial charge in [0.2, 0.25) is 5.95 Å². The van der Waals surface area contributed by atoms with Crippen LogP contribution in [0.2, 0.25) is 0 Å². The molecule has 0 aliphatic carbocycles. The predicted molar refractivity (Wildman–Crippen MR) is 105 cm³/mol. The van der Waals surface area contributed by atoms with Crippen molar-refractivity contribution in [3.05, 3.63) is 35.7 Å². The normalized spacial score (nSPS) is 16.3. The molecule has 4 rings (SSSR count). The highest BCUT2D eigenvalue weighted by molar-refractivity contribution is 5.74. The number of rotatable bonds is 6. The number of imidazole rings is 1. The van der Waals surface area contributed by atoms with Gasteiger partial charge in [-0.1, -0.05) is 0 Å². The molecule has 1 aliphatic rings. The summed E-state index contributed by atoms with van der Waals surface area (Å²) in [6.45, 7) is 8.22. The van der Waals surface area contributed by atoms with Crippen LogP contribution >= 0.6 is 0 Å². The van der Waals surface area contributed by atoms with Crippen LogP contribution in [0.25, 0.3) is 11.2 Å². The van der Waals surface area contributed by atoms with E-state index in [2.05, 4.69) is 24.8 Å². The first-order chi connectivity index (χ1) is 13.1. The summed E-state index contributed by atoms with van der Waals surface area (Å²) in [7, 11) is 0. The van der Waals surface area contributed by atoms with Gasteiger partial charge in [0.05, 0.1) is 12.2 Å². The van der Waals surface area contributed by atoms with Gasteiger partial charge in [-0.25, -0.2) is 15.0 Å². The summed E-state index contributed by atoms with van der Waals surface area (Å²) in [5.41, 5.74) is 8.32. The van der Waals surface area contributed by atoms with Crippen LogP contribution in [0.5, 0.6) is 0 Å². The van der Waals surface area contributed by atoms with E-state index < -0.39 is 0 Å². The van der Waals surface area contributed by atoms with E-state index in [1.165, 1.54) is 0 Å². The lowest BCUT2D eigenvalue weighted by molar-refractivity contribution is 0.224. The number of nitrogens with one attached hydrogen (secondary N) is 1. The van der Waals surface area contributed by atoms with Gasteiger partial charge in [-0.15, -0.1) is 0 Å². The zero-order valence-corrected chi connectivity index (χ0v) is 16.0. The van der Waals surface area contributed by atoms with E-state index in [1.54, 1.807) is 6.20 Å². The number of aromatic nitrogens is 4. The Bertz CT molecular complexity index is 908. The van der Waals surface area contributed by atoms with Crippen molar-refractivity contribution < 1.29 is 4.42 Å². The molecule has 0 atom stereocenters. The second-order valence-corrected chi connectivity index (χ2v) is 7.16. The molecule has 0 aromatic carbocycles. The Morgan fingerprint density at radius 3 is 2.78 bits per heavy atom. The zero-order chi connectivity index (χ0) is 18.8. The van der Waals surface area contributed by atoms with E-state index in [0.717, 1.165) is 67.6 Å². The number of likely N-dealkylation sites (tertiary alicyclic amines) is 1. The molecule has 0 spiro atoms. The van der Waals surface area contributed by atoms with Crippen molar-refractivity contribution in [2.45, 2.75) is 39.3 Å². The van der Waals surface area contributed by atoms with Crippen molar-refractivity contribution in [2.75, 3.05) is 31.5 Å². The third-order valence-corrected chi connectivity index (χ3v) is 5.17. The molecule has 144 valence electrons. The lowest BCUT2D eigenvalue weighted by atomic mass is 10.1.